The molecular weight excluding hydrogens is 475 g/mol. The highest BCUT2D eigenvalue weighted by Crippen LogP contribution is 2.20. The van der Waals surface area contributed by atoms with Gasteiger partial charge in [-0.15, -0.1) is 0 Å². The van der Waals surface area contributed by atoms with Crippen LogP contribution in [0.5, 0.6) is 0 Å². The number of carbonyl (C=O) groups is 2. The lowest BCUT2D eigenvalue weighted by molar-refractivity contribution is -0.130. The van der Waals surface area contributed by atoms with E-state index in [1.54, 1.807) is 27.7 Å². The number of nitrogens with one attached hydrogen (secondary N) is 2. The molecule has 0 saturated heterocycles. The number of aliphatic hydroxyl groups is 2. The van der Waals surface area contributed by atoms with Crippen LogP contribution in [0.1, 0.15) is 49.9 Å². The molecule has 0 fully saturated rings. The number of benzene rings is 2. The Hall–Kier alpha value is -3.61. The van der Waals surface area contributed by atoms with Gasteiger partial charge in [-0.3, -0.25) is 14.6 Å². The monoisotopic (exact) mass is 512 g/mol. The van der Waals surface area contributed by atoms with Gasteiger partial charge in [0.2, 0.25) is 5.91 Å². The Kier molecular flexibility index (Phi) is 12.6. The van der Waals surface area contributed by atoms with Crippen LogP contribution < -0.4 is 10.6 Å². The number of nitrogens with zero attached hydrogens (tertiary/aromatic N) is 2. The van der Waals surface area contributed by atoms with Crippen molar-refractivity contribution in [3.05, 3.63) is 70.5 Å². The topological polar surface area (TPSA) is 135 Å². The second-order valence-electron chi connectivity index (χ2n) is 9.54. The molecule has 0 aliphatic heterocycles. The number of aryl methyl sites for hydroxylation is 2. The van der Waals surface area contributed by atoms with Gasteiger partial charge in [-0.25, -0.2) is 4.39 Å². The minimum absolute atomic E-state index is 0.0791. The lowest BCUT2D eigenvalue weighted by Crippen LogP contribution is -2.57. The fourth-order valence-electron chi connectivity index (χ4n) is 3.36. The van der Waals surface area contributed by atoms with Gasteiger partial charge in [0.1, 0.15) is 17.6 Å². The number of aliphatic hydroxyl groups excluding tert-OH is 2. The fourth-order valence-corrected chi connectivity index (χ4v) is 3.36. The van der Waals surface area contributed by atoms with E-state index in [-0.39, 0.29) is 5.71 Å². The van der Waals surface area contributed by atoms with Crippen molar-refractivity contribution >= 4 is 17.5 Å². The van der Waals surface area contributed by atoms with E-state index < -0.39 is 48.3 Å². The smallest absolute Gasteiger partial charge is 0.270 e. The average molecular weight is 513 g/mol. The van der Waals surface area contributed by atoms with Gasteiger partial charge in [-0.05, 0) is 60.2 Å². The van der Waals surface area contributed by atoms with Gasteiger partial charge in [0, 0.05) is 12.6 Å². The minimum Gasteiger partial charge on any atom is -0.394 e. The molecule has 0 aliphatic carbocycles. The van der Waals surface area contributed by atoms with Crippen molar-refractivity contribution in [1.29, 1.82) is 5.26 Å². The van der Waals surface area contributed by atoms with Crippen LogP contribution in [-0.4, -0.2) is 60.1 Å². The number of rotatable bonds is 8. The van der Waals surface area contributed by atoms with Crippen LogP contribution in [0, 0.1) is 29.5 Å². The van der Waals surface area contributed by atoms with Gasteiger partial charge in [0.25, 0.3) is 5.91 Å². The Morgan fingerprint density at radius 1 is 1.08 bits per heavy atom. The molecule has 2 amide bonds. The van der Waals surface area contributed by atoms with E-state index in [2.05, 4.69) is 28.6 Å². The van der Waals surface area contributed by atoms with Gasteiger partial charge in [0.05, 0.1) is 30.9 Å². The highest BCUT2D eigenvalue weighted by atomic mass is 19.1. The summed E-state index contributed by atoms with van der Waals surface area (Å²) in [5.74, 6) is -1.53. The summed E-state index contributed by atoms with van der Waals surface area (Å²) in [5.41, 5.74) is 2.45. The standard InChI is InChI=1S/C19H28FN3O4.C9H9N/c1-11-8-12(20)6-7-14(11)15(21-5)17(26)23-16(19(2,3)4)18(27)22-13(9-24)10-25;1-2-8-3-5-9(7-10)6-4-8/h6-8,13,16,24-25H,9-10H2,1-5H3,(H,22,27)(H,23,26);3-6H,2H2,1H3. The third kappa shape index (κ3) is 9.75. The Bertz CT molecular complexity index is 1110. The number of nitriles is 1. The van der Waals surface area contributed by atoms with Crippen molar-refractivity contribution in [2.24, 2.45) is 10.4 Å². The van der Waals surface area contributed by atoms with Crippen molar-refractivity contribution in [1.82, 2.24) is 10.6 Å². The molecule has 0 saturated carbocycles. The van der Waals surface area contributed by atoms with E-state index >= 15 is 0 Å². The number of amides is 2. The molecule has 0 aliphatic rings. The zero-order valence-corrected chi connectivity index (χ0v) is 22.3. The maximum Gasteiger partial charge on any atom is 0.270 e. The SMILES string of the molecule is CCc1ccc(C#N)cc1.CN=C(C(=O)NC(C(=O)NC(CO)CO)C(C)(C)C)c1ccc(F)cc1C. The van der Waals surface area contributed by atoms with Crippen LogP contribution in [0.2, 0.25) is 0 Å². The second kappa shape index (κ2) is 14.8. The molecule has 2 aromatic rings. The highest BCUT2D eigenvalue weighted by Gasteiger charge is 2.34. The molecular formula is C28H37FN4O4. The van der Waals surface area contributed by atoms with Crippen LogP contribution in [0.3, 0.4) is 0 Å². The average Bonchev–Trinajstić information content (AvgIpc) is 2.87. The van der Waals surface area contributed by atoms with Gasteiger partial charge in [0.15, 0.2) is 0 Å². The van der Waals surface area contributed by atoms with E-state index in [4.69, 9.17) is 15.5 Å². The predicted octanol–water partition coefficient (Wildman–Crippen LogP) is 2.67. The quantitative estimate of drug-likeness (QED) is 0.404. The second-order valence-corrected chi connectivity index (χ2v) is 9.54. The van der Waals surface area contributed by atoms with Gasteiger partial charge in [-0.1, -0.05) is 39.8 Å². The lowest BCUT2D eigenvalue weighted by Gasteiger charge is -2.31. The Morgan fingerprint density at radius 3 is 2.11 bits per heavy atom. The van der Waals surface area contributed by atoms with Crippen molar-refractivity contribution in [3.8, 4) is 6.07 Å². The molecule has 1 unspecified atom stereocenters. The molecule has 37 heavy (non-hydrogen) atoms. The van der Waals surface area contributed by atoms with Crippen molar-refractivity contribution in [3.63, 3.8) is 0 Å². The van der Waals surface area contributed by atoms with Crippen LogP contribution >= 0.6 is 0 Å². The number of halogens is 1. The number of carbonyl (C=O) groups excluding carboxylic acids is 2. The molecule has 4 N–H and O–H groups in total. The number of hydrogen-bond acceptors (Lipinski definition) is 6. The molecule has 0 spiro atoms. The van der Waals surface area contributed by atoms with Crippen molar-refractivity contribution in [2.45, 2.75) is 53.1 Å². The summed E-state index contributed by atoms with van der Waals surface area (Å²) in [5, 5.41) is 31.9. The van der Waals surface area contributed by atoms with Gasteiger partial charge >= 0.3 is 0 Å². The summed E-state index contributed by atoms with van der Waals surface area (Å²) in [4.78, 5) is 29.4. The van der Waals surface area contributed by atoms with E-state index in [0.29, 0.717) is 11.1 Å². The highest BCUT2D eigenvalue weighted by molar-refractivity contribution is 6.45. The molecule has 0 heterocycles. The Morgan fingerprint density at radius 2 is 1.68 bits per heavy atom. The Labute approximate surface area is 218 Å². The lowest BCUT2D eigenvalue weighted by atomic mass is 9.85. The van der Waals surface area contributed by atoms with Gasteiger partial charge in [-0.2, -0.15) is 5.26 Å². The maximum absolute atomic E-state index is 13.3. The van der Waals surface area contributed by atoms with E-state index in [1.165, 1.54) is 30.8 Å². The predicted molar refractivity (Wildman–Crippen MR) is 142 cm³/mol. The summed E-state index contributed by atoms with van der Waals surface area (Å²) in [6, 6.07) is 12.0. The van der Waals surface area contributed by atoms with E-state index in [9.17, 15) is 14.0 Å². The minimum atomic E-state index is -0.942. The fraction of sp³-hybridized carbons (Fsp3) is 0.429. The molecule has 2 rings (SSSR count). The molecule has 8 nitrogen and oxygen atoms in total. The summed E-state index contributed by atoms with van der Waals surface area (Å²) in [6.45, 7) is 8.23. The molecule has 1 atom stereocenters. The Balaban J connectivity index is 0.000000568. The summed E-state index contributed by atoms with van der Waals surface area (Å²) < 4.78 is 13.3. The molecule has 2 aromatic carbocycles. The summed E-state index contributed by atoms with van der Waals surface area (Å²) >= 11 is 0. The van der Waals surface area contributed by atoms with Crippen LogP contribution in [0.25, 0.3) is 0 Å². The number of aliphatic imine (C=N–C) groups is 1. The van der Waals surface area contributed by atoms with Crippen LogP contribution in [0.4, 0.5) is 4.39 Å². The largest absolute Gasteiger partial charge is 0.394 e. The molecule has 0 radical (unpaired) electrons. The zero-order chi connectivity index (χ0) is 28.2. The maximum atomic E-state index is 13.3. The first kappa shape index (κ1) is 31.4. The molecule has 0 bridgehead atoms. The van der Waals surface area contributed by atoms with E-state index in [0.717, 1.165) is 12.0 Å². The first-order chi connectivity index (χ1) is 17.4. The normalized spacial score (nSPS) is 12.2. The van der Waals surface area contributed by atoms with Crippen molar-refractivity contribution in [2.75, 3.05) is 20.3 Å². The summed E-state index contributed by atoms with van der Waals surface area (Å²) in [6.07, 6.45) is 1.03. The first-order valence-electron chi connectivity index (χ1n) is 12.0. The molecule has 0 aromatic heterocycles. The zero-order valence-electron chi connectivity index (χ0n) is 22.3. The third-order valence-corrected chi connectivity index (χ3v) is 5.56. The first-order valence-corrected chi connectivity index (χ1v) is 12.0. The third-order valence-electron chi connectivity index (χ3n) is 5.56. The molecule has 200 valence electrons. The summed E-state index contributed by atoms with van der Waals surface area (Å²) in [7, 11) is 1.44. The van der Waals surface area contributed by atoms with Crippen LogP contribution in [-0.2, 0) is 16.0 Å². The number of hydrogen-bond donors (Lipinski definition) is 4. The van der Waals surface area contributed by atoms with Crippen molar-refractivity contribution < 1.29 is 24.2 Å². The molecule has 9 heteroatoms. The van der Waals surface area contributed by atoms with Gasteiger partial charge < -0.3 is 20.8 Å². The van der Waals surface area contributed by atoms with E-state index in [1.807, 2.05) is 24.3 Å². The van der Waals surface area contributed by atoms with Crippen LogP contribution in [0.15, 0.2) is 47.5 Å².